The SMILES string of the molecule is Cc1cc[n+](CCO)cc1.Cc1cc[n+](CCO)cc1.O=S(=O)([O-])[O-]. The molecule has 2 rings (SSSR count). The summed E-state index contributed by atoms with van der Waals surface area (Å²) in [5, 5.41) is 17.1. The maximum Gasteiger partial charge on any atom is 0.171 e. The average Bonchev–Trinajstić information content (AvgIpc) is 2.51. The summed E-state index contributed by atoms with van der Waals surface area (Å²) in [6.07, 6.45) is 7.86. The van der Waals surface area contributed by atoms with Crippen LogP contribution in [0.1, 0.15) is 11.1 Å². The third-order valence-electron chi connectivity index (χ3n) is 2.83. The molecule has 25 heavy (non-hydrogen) atoms. The molecule has 0 aliphatic heterocycles. The first kappa shape index (κ1) is 23.1. The van der Waals surface area contributed by atoms with Gasteiger partial charge in [0.25, 0.3) is 0 Å². The molecular weight excluding hydrogens is 348 g/mol. The lowest BCUT2D eigenvalue weighted by molar-refractivity contribution is -0.698. The third kappa shape index (κ3) is 15.4. The molecule has 0 unspecified atom stereocenters. The molecule has 0 saturated carbocycles. The number of aliphatic hydroxyl groups excluding tert-OH is 2. The summed E-state index contributed by atoms with van der Waals surface area (Å²) in [4.78, 5) is 0. The Morgan fingerprint density at radius 3 is 1.24 bits per heavy atom. The minimum Gasteiger partial charge on any atom is -0.759 e. The fourth-order valence-corrected chi connectivity index (χ4v) is 1.59. The van der Waals surface area contributed by atoms with Crippen molar-refractivity contribution < 1.29 is 36.9 Å². The van der Waals surface area contributed by atoms with E-state index in [9.17, 15) is 0 Å². The van der Waals surface area contributed by atoms with Crippen LogP contribution in [0.25, 0.3) is 0 Å². The molecule has 2 N–H and O–H groups in total. The van der Waals surface area contributed by atoms with E-state index in [1.54, 1.807) is 0 Å². The predicted molar refractivity (Wildman–Crippen MR) is 87.4 cm³/mol. The topological polar surface area (TPSA) is 128 Å². The quantitative estimate of drug-likeness (QED) is 0.411. The van der Waals surface area contributed by atoms with Crippen molar-refractivity contribution in [3.8, 4) is 0 Å². The molecule has 0 aliphatic rings. The Balaban J connectivity index is 0.000000368. The van der Waals surface area contributed by atoms with E-state index in [-0.39, 0.29) is 13.2 Å². The second kappa shape index (κ2) is 12.5. The summed E-state index contributed by atoms with van der Waals surface area (Å²) < 4.78 is 38.0. The summed E-state index contributed by atoms with van der Waals surface area (Å²) in [6, 6.07) is 8.09. The van der Waals surface area contributed by atoms with Gasteiger partial charge in [0, 0.05) is 34.7 Å². The van der Waals surface area contributed by atoms with E-state index in [1.807, 2.05) is 72.0 Å². The number of hydrogen-bond donors (Lipinski definition) is 2. The Morgan fingerprint density at radius 2 is 1.04 bits per heavy atom. The van der Waals surface area contributed by atoms with Crippen LogP contribution < -0.4 is 9.13 Å². The fourth-order valence-electron chi connectivity index (χ4n) is 1.59. The maximum absolute atomic E-state index is 8.57. The van der Waals surface area contributed by atoms with Gasteiger partial charge in [0.2, 0.25) is 0 Å². The summed E-state index contributed by atoms with van der Waals surface area (Å²) in [7, 11) is -5.17. The van der Waals surface area contributed by atoms with Crippen molar-refractivity contribution in [1.82, 2.24) is 0 Å². The zero-order valence-electron chi connectivity index (χ0n) is 14.3. The zero-order chi connectivity index (χ0) is 19.3. The number of rotatable bonds is 4. The monoisotopic (exact) mass is 372 g/mol. The molecule has 0 saturated heterocycles. The first-order valence-electron chi connectivity index (χ1n) is 7.45. The molecular formula is C16H24N2O6S. The van der Waals surface area contributed by atoms with Gasteiger partial charge in [-0.2, -0.15) is 0 Å². The Labute approximate surface area is 148 Å². The summed E-state index contributed by atoms with van der Waals surface area (Å²) in [6.45, 7) is 5.86. The summed E-state index contributed by atoms with van der Waals surface area (Å²) in [5.74, 6) is 0. The number of pyridine rings is 2. The van der Waals surface area contributed by atoms with Crippen LogP contribution in [0.2, 0.25) is 0 Å². The minimum absolute atomic E-state index is 0.202. The predicted octanol–water partition coefficient (Wildman–Crippen LogP) is -0.788. The van der Waals surface area contributed by atoms with Gasteiger partial charge in [-0.05, 0) is 25.0 Å². The lowest BCUT2D eigenvalue weighted by Gasteiger charge is -2.06. The van der Waals surface area contributed by atoms with Crippen LogP contribution in [0.3, 0.4) is 0 Å². The van der Waals surface area contributed by atoms with E-state index in [0.29, 0.717) is 13.1 Å². The van der Waals surface area contributed by atoms with Crippen molar-refractivity contribution in [2.24, 2.45) is 0 Å². The highest BCUT2D eigenvalue weighted by molar-refractivity contribution is 7.79. The van der Waals surface area contributed by atoms with Gasteiger partial charge in [0.05, 0.1) is 0 Å². The van der Waals surface area contributed by atoms with Crippen LogP contribution in [0.4, 0.5) is 0 Å². The van der Waals surface area contributed by atoms with Crippen LogP contribution in [-0.4, -0.2) is 41.0 Å². The number of aromatic nitrogens is 2. The van der Waals surface area contributed by atoms with Crippen LogP contribution >= 0.6 is 0 Å². The molecule has 0 fully saturated rings. The molecule has 0 atom stereocenters. The van der Waals surface area contributed by atoms with Crippen molar-refractivity contribution >= 4 is 10.4 Å². The van der Waals surface area contributed by atoms with Crippen molar-refractivity contribution in [2.45, 2.75) is 26.9 Å². The first-order valence-corrected chi connectivity index (χ1v) is 8.79. The van der Waals surface area contributed by atoms with Gasteiger partial charge in [0.15, 0.2) is 37.9 Å². The van der Waals surface area contributed by atoms with E-state index >= 15 is 0 Å². The molecule has 0 aliphatic carbocycles. The smallest absolute Gasteiger partial charge is 0.171 e. The molecule has 8 nitrogen and oxygen atoms in total. The van der Waals surface area contributed by atoms with Crippen LogP contribution in [-0.2, 0) is 23.5 Å². The highest BCUT2D eigenvalue weighted by Crippen LogP contribution is 1.89. The Hall–Kier alpha value is -1.91. The van der Waals surface area contributed by atoms with Gasteiger partial charge in [0.1, 0.15) is 13.2 Å². The van der Waals surface area contributed by atoms with E-state index in [2.05, 4.69) is 0 Å². The molecule has 0 bridgehead atoms. The number of aryl methyl sites for hydroxylation is 2. The lowest BCUT2D eigenvalue weighted by Crippen LogP contribution is -2.34. The summed E-state index contributed by atoms with van der Waals surface area (Å²) in [5.41, 5.74) is 2.49. The third-order valence-corrected chi connectivity index (χ3v) is 2.83. The van der Waals surface area contributed by atoms with Crippen molar-refractivity contribution in [3.63, 3.8) is 0 Å². The van der Waals surface area contributed by atoms with Gasteiger partial charge in [-0.1, -0.05) is 0 Å². The highest BCUT2D eigenvalue weighted by Gasteiger charge is 1.95. The second-order valence-corrected chi connectivity index (χ2v) is 5.90. The molecule has 140 valence electrons. The molecule has 0 radical (unpaired) electrons. The first-order chi connectivity index (χ1) is 11.7. The summed E-state index contributed by atoms with van der Waals surface area (Å²) >= 11 is 0. The highest BCUT2D eigenvalue weighted by atomic mass is 32.3. The largest absolute Gasteiger partial charge is 0.759 e. The molecule has 2 heterocycles. The van der Waals surface area contributed by atoms with E-state index in [1.165, 1.54) is 11.1 Å². The van der Waals surface area contributed by atoms with Gasteiger partial charge in [-0.25, -0.2) is 9.13 Å². The molecule has 0 spiro atoms. The van der Waals surface area contributed by atoms with Gasteiger partial charge in [-0.15, -0.1) is 0 Å². The normalized spacial score (nSPS) is 10.2. The standard InChI is InChI=1S/2C8H12NO.H2O4S/c2*1-8-2-4-9(5-3-8)6-7-10;1-5(2,3)4/h2*2-5,10H,6-7H2,1H3;(H2,1,2,3,4)/q2*+1;/p-2. The van der Waals surface area contributed by atoms with E-state index in [4.69, 9.17) is 27.7 Å². The molecule has 0 aromatic carbocycles. The molecule has 2 aromatic heterocycles. The number of aliphatic hydroxyl groups is 2. The van der Waals surface area contributed by atoms with E-state index < -0.39 is 10.4 Å². The number of nitrogens with zero attached hydrogens (tertiary/aromatic N) is 2. The van der Waals surface area contributed by atoms with Crippen LogP contribution in [0.5, 0.6) is 0 Å². The Bertz CT molecular complexity index is 632. The fraction of sp³-hybridized carbons (Fsp3) is 0.375. The molecule has 9 heteroatoms. The number of hydrogen-bond acceptors (Lipinski definition) is 6. The van der Waals surface area contributed by atoms with Crippen molar-refractivity contribution in [2.75, 3.05) is 13.2 Å². The average molecular weight is 372 g/mol. The van der Waals surface area contributed by atoms with Crippen molar-refractivity contribution in [3.05, 3.63) is 60.2 Å². The van der Waals surface area contributed by atoms with Gasteiger partial charge >= 0.3 is 0 Å². The van der Waals surface area contributed by atoms with Crippen molar-refractivity contribution in [1.29, 1.82) is 0 Å². The maximum atomic E-state index is 8.57. The zero-order valence-corrected chi connectivity index (χ0v) is 15.1. The Morgan fingerprint density at radius 1 is 0.800 bits per heavy atom. The van der Waals surface area contributed by atoms with Crippen LogP contribution in [0, 0.1) is 13.8 Å². The minimum atomic E-state index is -5.17. The lowest BCUT2D eigenvalue weighted by atomic mass is 10.3. The van der Waals surface area contributed by atoms with Gasteiger partial charge in [-0.3, -0.25) is 8.42 Å². The van der Waals surface area contributed by atoms with Crippen LogP contribution in [0.15, 0.2) is 49.1 Å². The van der Waals surface area contributed by atoms with E-state index in [0.717, 1.165) is 0 Å². The molecule has 0 amide bonds. The Kier molecular flexibility index (Phi) is 11.5. The van der Waals surface area contributed by atoms with Gasteiger partial charge < -0.3 is 19.3 Å². The molecule has 2 aromatic rings. The second-order valence-electron chi connectivity index (χ2n) is 5.08.